The van der Waals surface area contributed by atoms with Crippen molar-refractivity contribution < 1.29 is 14.7 Å². The quantitative estimate of drug-likeness (QED) is 0.536. The largest absolute Gasteiger partial charge is 0.481 e. The molecule has 0 rings (SSSR count). The number of carboxylic acid groups (broad SMARTS) is 1. The van der Waals surface area contributed by atoms with Gasteiger partial charge in [-0.25, -0.2) is 0 Å². The highest BCUT2D eigenvalue weighted by molar-refractivity contribution is 5.86. The van der Waals surface area contributed by atoms with Crippen LogP contribution in [-0.4, -0.2) is 53.6 Å². The van der Waals surface area contributed by atoms with Crippen LogP contribution in [0.25, 0.3) is 0 Å². The van der Waals surface area contributed by atoms with Crippen molar-refractivity contribution in [1.29, 1.82) is 0 Å². The third-order valence-corrected chi connectivity index (χ3v) is 3.13. The maximum atomic E-state index is 11.6. The normalized spacial score (nSPS) is 14.2. The van der Waals surface area contributed by atoms with Crippen molar-refractivity contribution in [2.45, 2.75) is 52.1 Å². The van der Waals surface area contributed by atoms with Gasteiger partial charge in [0, 0.05) is 6.04 Å². The Hall–Kier alpha value is -1.14. The topological polar surface area (TPSA) is 95.7 Å². The highest BCUT2D eigenvalue weighted by Gasteiger charge is 2.18. The molecule has 2 atom stereocenters. The lowest BCUT2D eigenvalue weighted by Gasteiger charge is -2.20. The summed E-state index contributed by atoms with van der Waals surface area (Å²) in [6, 6.07) is -0.953. The van der Waals surface area contributed by atoms with Crippen LogP contribution in [0.5, 0.6) is 0 Å². The van der Waals surface area contributed by atoms with Gasteiger partial charge in [0.1, 0.15) is 0 Å². The summed E-state index contributed by atoms with van der Waals surface area (Å²) >= 11 is 0. The maximum absolute atomic E-state index is 11.6. The van der Waals surface area contributed by atoms with E-state index in [1.54, 1.807) is 0 Å². The van der Waals surface area contributed by atoms with E-state index in [1.165, 1.54) is 0 Å². The van der Waals surface area contributed by atoms with Crippen molar-refractivity contribution in [1.82, 2.24) is 10.2 Å². The second-order valence-corrected chi connectivity index (χ2v) is 4.78. The number of carbonyl (C=O) groups excluding carboxylic acids is 1. The van der Waals surface area contributed by atoms with E-state index in [0.29, 0.717) is 0 Å². The molecular formula is C13H27N3O3. The number of nitrogens with zero attached hydrogens (tertiary/aromatic N) is 1. The Bertz CT molecular complexity index is 280. The summed E-state index contributed by atoms with van der Waals surface area (Å²) in [6.07, 6.45) is 1.53. The molecule has 0 aromatic carbocycles. The lowest BCUT2D eigenvalue weighted by Crippen LogP contribution is -2.45. The Morgan fingerprint density at radius 1 is 1.32 bits per heavy atom. The summed E-state index contributed by atoms with van der Waals surface area (Å²) in [5.41, 5.74) is 5.49. The van der Waals surface area contributed by atoms with Crippen LogP contribution in [0.4, 0.5) is 0 Å². The van der Waals surface area contributed by atoms with E-state index in [4.69, 9.17) is 10.8 Å². The molecule has 6 heteroatoms. The Morgan fingerprint density at radius 3 is 2.37 bits per heavy atom. The predicted octanol–water partition coefficient (Wildman–Crippen LogP) is 0.415. The standard InChI is InChI=1S/C13H27N3O3/c1-4-16(5-2)8-6-7-10(3)15-13(19)11(14)9-12(17)18/h10-11H,4-9,14H2,1-3H3,(H,15,19)(H,17,18). The molecular weight excluding hydrogens is 246 g/mol. The van der Waals surface area contributed by atoms with E-state index >= 15 is 0 Å². The molecule has 0 aromatic heterocycles. The number of carboxylic acids is 1. The molecule has 0 saturated heterocycles. The summed E-state index contributed by atoms with van der Waals surface area (Å²) in [4.78, 5) is 24.4. The number of nitrogens with two attached hydrogens (primary N) is 1. The molecule has 0 aromatic rings. The molecule has 0 aliphatic rings. The number of aliphatic carboxylic acids is 1. The van der Waals surface area contributed by atoms with Crippen molar-refractivity contribution >= 4 is 11.9 Å². The van der Waals surface area contributed by atoms with E-state index in [2.05, 4.69) is 24.1 Å². The van der Waals surface area contributed by atoms with Gasteiger partial charge in [-0.3, -0.25) is 9.59 Å². The zero-order chi connectivity index (χ0) is 14.8. The highest BCUT2D eigenvalue weighted by atomic mass is 16.4. The summed E-state index contributed by atoms with van der Waals surface area (Å²) in [5, 5.41) is 11.3. The molecule has 0 aliphatic heterocycles. The van der Waals surface area contributed by atoms with Crippen molar-refractivity contribution in [3.63, 3.8) is 0 Å². The van der Waals surface area contributed by atoms with E-state index in [-0.39, 0.29) is 12.5 Å². The van der Waals surface area contributed by atoms with Crippen molar-refractivity contribution in [2.75, 3.05) is 19.6 Å². The van der Waals surface area contributed by atoms with Crippen LogP contribution in [0, 0.1) is 0 Å². The van der Waals surface area contributed by atoms with Crippen LogP contribution < -0.4 is 11.1 Å². The third kappa shape index (κ3) is 8.56. The minimum absolute atomic E-state index is 0.0166. The fourth-order valence-electron chi connectivity index (χ4n) is 1.86. The van der Waals surface area contributed by atoms with Crippen LogP contribution in [-0.2, 0) is 9.59 Å². The average Bonchev–Trinajstić information content (AvgIpc) is 2.33. The number of amides is 1. The second-order valence-electron chi connectivity index (χ2n) is 4.78. The van der Waals surface area contributed by atoms with Crippen molar-refractivity contribution in [2.24, 2.45) is 5.73 Å². The zero-order valence-corrected chi connectivity index (χ0v) is 12.2. The van der Waals surface area contributed by atoms with Crippen molar-refractivity contribution in [3.8, 4) is 0 Å². The van der Waals surface area contributed by atoms with Gasteiger partial charge in [0.2, 0.25) is 5.91 Å². The van der Waals surface area contributed by atoms with Gasteiger partial charge in [-0.15, -0.1) is 0 Å². The first-order valence-electron chi connectivity index (χ1n) is 6.90. The number of nitrogens with one attached hydrogen (secondary N) is 1. The molecule has 0 aliphatic carbocycles. The lowest BCUT2D eigenvalue weighted by atomic mass is 10.1. The second kappa shape index (κ2) is 9.75. The minimum atomic E-state index is -1.06. The molecule has 4 N–H and O–H groups in total. The smallest absolute Gasteiger partial charge is 0.305 e. The Labute approximate surface area is 115 Å². The van der Waals surface area contributed by atoms with Gasteiger partial charge >= 0.3 is 5.97 Å². The van der Waals surface area contributed by atoms with Crippen LogP contribution in [0.15, 0.2) is 0 Å². The first-order valence-corrected chi connectivity index (χ1v) is 6.90. The third-order valence-electron chi connectivity index (χ3n) is 3.13. The summed E-state index contributed by atoms with van der Waals surface area (Å²) in [5.74, 6) is -1.45. The number of rotatable bonds is 10. The van der Waals surface area contributed by atoms with Crippen LogP contribution >= 0.6 is 0 Å². The molecule has 0 saturated carbocycles. The molecule has 1 amide bonds. The zero-order valence-electron chi connectivity index (χ0n) is 12.2. The lowest BCUT2D eigenvalue weighted by molar-refractivity contribution is -0.139. The van der Waals surface area contributed by atoms with Gasteiger partial charge < -0.3 is 21.1 Å². The van der Waals surface area contributed by atoms with E-state index in [0.717, 1.165) is 32.5 Å². The molecule has 0 heterocycles. The molecule has 2 unspecified atom stereocenters. The number of hydrogen-bond acceptors (Lipinski definition) is 4. The average molecular weight is 273 g/mol. The first kappa shape index (κ1) is 17.9. The molecule has 0 spiro atoms. The molecule has 0 radical (unpaired) electrons. The van der Waals surface area contributed by atoms with Gasteiger partial charge in [-0.05, 0) is 39.4 Å². The Kier molecular flexibility index (Phi) is 9.16. The number of hydrogen-bond donors (Lipinski definition) is 3. The van der Waals surface area contributed by atoms with E-state index in [9.17, 15) is 9.59 Å². The molecule has 0 fully saturated rings. The van der Waals surface area contributed by atoms with Crippen LogP contribution in [0.1, 0.15) is 40.0 Å². The van der Waals surface area contributed by atoms with Crippen LogP contribution in [0.2, 0.25) is 0 Å². The van der Waals surface area contributed by atoms with E-state index in [1.807, 2.05) is 6.92 Å². The molecule has 0 bridgehead atoms. The fourth-order valence-corrected chi connectivity index (χ4v) is 1.86. The minimum Gasteiger partial charge on any atom is -0.481 e. The maximum Gasteiger partial charge on any atom is 0.305 e. The van der Waals surface area contributed by atoms with E-state index < -0.39 is 17.9 Å². The van der Waals surface area contributed by atoms with Gasteiger partial charge in [0.15, 0.2) is 0 Å². The fraction of sp³-hybridized carbons (Fsp3) is 0.846. The van der Waals surface area contributed by atoms with Crippen molar-refractivity contribution in [3.05, 3.63) is 0 Å². The molecule has 6 nitrogen and oxygen atoms in total. The van der Waals surface area contributed by atoms with Gasteiger partial charge in [0.05, 0.1) is 12.5 Å². The summed E-state index contributed by atoms with van der Waals surface area (Å²) in [7, 11) is 0. The van der Waals surface area contributed by atoms with Gasteiger partial charge in [-0.1, -0.05) is 13.8 Å². The molecule has 112 valence electrons. The SMILES string of the molecule is CCN(CC)CCCC(C)NC(=O)C(N)CC(=O)O. The number of carbonyl (C=O) groups is 2. The Morgan fingerprint density at radius 2 is 1.89 bits per heavy atom. The van der Waals surface area contributed by atoms with Crippen LogP contribution in [0.3, 0.4) is 0 Å². The summed E-state index contributed by atoms with van der Waals surface area (Å²) in [6.45, 7) is 9.22. The monoisotopic (exact) mass is 273 g/mol. The predicted molar refractivity (Wildman–Crippen MR) is 74.9 cm³/mol. The van der Waals surface area contributed by atoms with Gasteiger partial charge in [-0.2, -0.15) is 0 Å². The molecule has 19 heavy (non-hydrogen) atoms. The van der Waals surface area contributed by atoms with Gasteiger partial charge in [0.25, 0.3) is 0 Å². The summed E-state index contributed by atoms with van der Waals surface area (Å²) < 4.78 is 0. The Balaban J connectivity index is 3.87. The highest BCUT2D eigenvalue weighted by Crippen LogP contribution is 2.00. The first-order chi connectivity index (χ1) is 8.90.